The van der Waals surface area contributed by atoms with Crippen LogP contribution in [0.25, 0.3) is 0 Å². The molecule has 0 atom stereocenters. The highest BCUT2D eigenvalue weighted by Crippen LogP contribution is 2.28. The van der Waals surface area contributed by atoms with Crippen LogP contribution in [-0.2, 0) is 4.79 Å². The minimum Gasteiger partial charge on any atom is -0.370 e. The van der Waals surface area contributed by atoms with E-state index in [4.69, 9.17) is 0 Å². The van der Waals surface area contributed by atoms with Crippen LogP contribution in [0, 0.1) is 0 Å². The Labute approximate surface area is 121 Å². The molecule has 0 saturated carbocycles. The van der Waals surface area contributed by atoms with Gasteiger partial charge in [0.25, 0.3) is 0 Å². The Balaban J connectivity index is 1.98. The van der Waals surface area contributed by atoms with Crippen molar-refractivity contribution in [2.45, 2.75) is 32.6 Å². The van der Waals surface area contributed by atoms with Crippen molar-refractivity contribution in [1.82, 2.24) is 5.32 Å². The summed E-state index contributed by atoms with van der Waals surface area (Å²) in [4.78, 5) is 14.3. The number of para-hydroxylation sites is 2. The van der Waals surface area contributed by atoms with E-state index in [9.17, 15) is 4.79 Å². The van der Waals surface area contributed by atoms with Crippen LogP contribution in [0.3, 0.4) is 0 Å². The zero-order valence-electron chi connectivity index (χ0n) is 12.3. The Morgan fingerprint density at radius 2 is 1.95 bits per heavy atom. The quantitative estimate of drug-likeness (QED) is 0.784. The van der Waals surface area contributed by atoms with Crippen LogP contribution in [0.4, 0.5) is 11.4 Å². The van der Waals surface area contributed by atoms with Crippen molar-refractivity contribution in [3.63, 3.8) is 0 Å². The van der Waals surface area contributed by atoms with Gasteiger partial charge in [-0.1, -0.05) is 19.1 Å². The highest BCUT2D eigenvalue weighted by Gasteiger charge is 2.15. The maximum atomic E-state index is 12.0. The summed E-state index contributed by atoms with van der Waals surface area (Å²) < 4.78 is 0. The van der Waals surface area contributed by atoms with Crippen molar-refractivity contribution in [1.29, 1.82) is 0 Å². The van der Waals surface area contributed by atoms with Crippen LogP contribution in [-0.4, -0.2) is 32.1 Å². The van der Waals surface area contributed by atoms with E-state index in [2.05, 4.69) is 21.6 Å². The number of nitrogens with zero attached hydrogens (tertiary/aromatic N) is 1. The van der Waals surface area contributed by atoms with Crippen LogP contribution in [0.1, 0.15) is 32.6 Å². The van der Waals surface area contributed by atoms with Gasteiger partial charge < -0.3 is 15.5 Å². The molecule has 2 rings (SSSR count). The average Bonchev–Trinajstić information content (AvgIpc) is 2.49. The van der Waals surface area contributed by atoms with Gasteiger partial charge in [-0.3, -0.25) is 4.79 Å². The molecule has 1 aromatic rings. The van der Waals surface area contributed by atoms with E-state index < -0.39 is 0 Å². The zero-order valence-corrected chi connectivity index (χ0v) is 12.3. The number of carbonyl (C=O) groups is 1. The summed E-state index contributed by atoms with van der Waals surface area (Å²) >= 11 is 0. The minimum absolute atomic E-state index is 0.0791. The number of piperidine rings is 1. The number of hydrogen-bond donors (Lipinski definition) is 2. The van der Waals surface area contributed by atoms with Crippen LogP contribution >= 0.6 is 0 Å². The fourth-order valence-corrected chi connectivity index (χ4v) is 2.58. The van der Waals surface area contributed by atoms with Gasteiger partial charge in [-0.2, -0.15) is 0 Å². The van der Waals surface area contributed by atoms with Crippen molar-refractivity contribution in [3.05, 3.63) is 24.3 Å². The molecular formula is C16H25N3O. The van der Waals surface area contributed by atoms with Gasteiger partial charge in [-0.15, -0.1) is 0 Å². The maximum absolute atomic E-state index is 12.0. The molecule has 1 aliphatic rings. The second-order valence-corrected chi connectivity index (χ2v) is 5.22. The van der Waals surface area contributed by atoms with E-state index in [1.807, 2.05) is 25.1 Å². The van der Waals surface area contributed by atoms with Crippen LogP contribution in [0.2, 0.25) is 0 Å². The smallest absolute Gasteiger partial charge is 0.225 e. The molecular weight excluding hydrogens is 250 g/mol. The number of rotatable bonds is 6. The third kappa shape index (κ3) is 4.23. The summed E-state index contributed by atoms with van der Waals surface area (Å²) in [6, 6.07) is 8.12. The van der Waals surface area contributed by atoms with Gasteiger partial charge in [0.1, 0.15) is 0 Å². The normalized spacial score (nSPS) is 15.2. The van der Waals surface area contributed by atoms with Crippen LogP contribution < -0.4 is 15.5 Å². The second-order valence-electron chi connectivity index (χ2n) is 5.22. The fourth-order valence-electron chi connectivity index (χ4n) is 2.58. The van der Waals surface area contributed by atoms with Gasteiger partial charge in [-0.25, -0.2) is 0 Å². The number of anilines is 2. The van der Waals surface area contributed by atoms with Crippen LogP contribution in [0.5, 0.6) is 0 Å². The summed E-state index contributed by atoms with van der Waals surface area (Å²) in [7, 11) is 0. The Morgan fingerprint density at radius 3 is 2.70 bits per heavy atom. The van der Waals surface area contributed by atoms with Gasteiger partial charge >= 0.3 is 0 Å². The summed E-state index contributed by atoms with van der Waals surface area (Å²) in [5.41, 5.74) is 2.10. The van der Waals surface area contributed by atoms with Crippen molar-refractivity contribution in [2.75, 3.05) is 36.4 Å². The second kappa shape index (κ2) is 7.90. The summed E-state index contributed by atoms with van der Waals surface area (Å²) in [6.07, 6.45) is 4.31. The molecule has 20 heavy (non-hydrogen) atoms. The zero-order chi connectivity index (χ0) is 14.2. The van der Waals surface area contributed by atoms with E-state index in [1.165, 1.54) is 19.3 Å². The Bertz CT molecular complexity index is 427. The highest BCUT2D eigenvalue weighted by molar-refractivity contribution is 5.94. The lowest BCUT2D eigenvalue weighted by Crippen LogP contribution is -2.30. The number of benzene rings is 1. The molecule has 1 aliphatic heterocycles. The largest absolute Gasteiger partial charge is 0.370 e. The van der Waals surface area contributed by atoms with E-state index >= 15 is 0 Å². The number of amides is 1. The maximum Gasteiger partial charge on any atom is 0.225 e. The molecule has 4 heteroatoms. The third-order valence-corrected chi connectivity index (χ3v) is 3.65. The molecule has 1 amide bonds. The first kappa shape index (κ1) is 14.9. The van der Waals surface area contributed by atoms with Gasteiger partial charge in [0.15, 0.2) is 0 Å². The van der Waals surface area contributed by atoms with Crippen LogP contribution in [0.15, 0.2) is 24.3 Å². The Morgan fingerprint density at radius 1 is 1.20 bits per heavy atom. The lowest BCUT2D eigenvalue weighted by atomic mass is 10.1. The Kier molecular flexibility index (Phi) is 5.87. The highest BCUT2D eigenvalue weighted by atomic mass is 16.1. The molecule has 0 bridgehead atoms. The third-order valence-electron chi connectivity index (χ3n) is 3.65. The predicted octanol–water partition coefficient (Wildman–Crippen LogP) is 2.62. The standard InChI is InChI=1S/C16H25N3O/c1-2-17-11-10-16(20)18-14-8-4-5-9-15(14)19-12-6-3-7-13-19/h4-5,8-9,17H,2-3,6-7,10-13H2,1H3,(H,18,20). The summed E-state index contributed by atoms with van der Waals surface area (Å²) in [6.45, 7) is 5.85. The molecule has 1 aromatic carbocycles. The van der Waals surface area contributed by atoms with E-state index in [0.29, 0.717) is 6.42 Å². The minimum atomic E-state index is 0.0791. The van der Waals surface area contributed by atoms with E-state index in [1.54, 1.807) is 0 Å². The molecule has 4 nitrogen and oxygen atoms in total. The molecule has 0 unspecified atom stereocenters. The van der Waals surface area contributed by atoms with Crippen molar-refractivity contribution in [2.24, 2.45) is 0 Å². The summed E-state index contributed by atoms with van der Waals surface area (Å²) in [5.74, 6) is 0.0791. The molecule has 1 heterocycles. The van der Waals surface area contributed by atoms with Crippen molar-refractivity contribution in [3.8, 4) is 0 Å². The van der Waals surface area contributed by atoms with E-state index in [-0.39, 0.29) is 5.91 Å². The fraction of sp³-hybridized carbons (Fsp3) is 0.562. The van der Waals surface area contributed by atoms with Gasteiger partial charge in [0.05, 0.1) is 11.4 Å². The molecule has 1 fully saturated rings. The topological polar surface area (TPSA) is 44.4 Å². The first-order valence-corrected chi connectivity index (χ1v) is 7.66. The first-order valence-electron chi connectivity index (χ1n) is 7.66. The molecule has 2 N–H and O–H groups in total. The molecule has 0 radical (unpaired) electrons. The monoisotopic (exact) mass is 275 g/mol. The van der Waals surface area contributed by atoms with Gasteiger partial charge in [0.2, 0.25) is 5.91 Å². The first-order chi connectivity index (χ1) is 9.81. The van der Waals surface area contributed by atoms with Crippen molar-refractivity contribution < 1.29 is 4.79 Å². The predicted molar refractivity (Wildman–Crippen MR) is 84.3 cm³/mol. The number of carbonyl (C=O) groups excluding carboxylic acids is 1. The average molecular weight is 275 g/mol. The Hall–Kier alpha value is -1.55. The van der Waals surface area contributed by atoms with Gasteiger partial charge in [0, 0.05) is 26.1 Å². The SMILES string of the molecule is CCNCCC(=O)Nc1ccccc1N1CCCCC1. The van der Waals surface area contributed by atoms with Crippen molar-refractivity contribution >= 4 is 17.3 Å². The summed E-state index contributed by atoms with van der Waals surface area (Å²) in [5, 5.41) is 6.22. The lowest BCUT2D eigenvalue weighted by molar-refractivity contribution is -0.116. The van der Waals surface area contributed by atoms with E-state index in [0.717, 1.165) is 37.6 Å². The lowest BCUT2D eigenvalue weighted by Gasteiger charge is -2.30. The molecule has 1 saturated heterocycles. The molecule has 110 valence electrons. The number of hydrogen-bond acceptors (Lipinski definition) is 3. The molecule has 0 aromatic heterocycles. The van der Waals surface area contributed by atoms with Gasteiger partial charge in [-0.05, 0) is 37.9 Å². The molecule has 0 spiro atoms. The molecule has 0 aliphatic carbocycles. The number of nitrogens with one attached hydrogen (secondary N) is 2.